The Hall–Kier alpha value is -1.75. The maximum Gasteiger partial charge on any atom is 0.225 e. The normalized spacial score (nSPS) is 16.7. The molecule has 1 aliphatic heterocycles. The molecule has 1 fully saturated rings. The van der Waals surface area contributed by atoms with Crippen molar-refractivity contribution in [3.8, 4) is 5.75 Å². The number of likely N-dealkylation sites (tertiary alicyclic amines) is 1. The molecule has 1 aromatic carbocycles. The fourth-order valence-electron chi connectivity index (χ4n) is 2.54. The fraction of sp³-hybridized carbons (Fsp3) is 0.562. The van der Waals surface area contributed by atoms with Crippen molar-refractivity contribution in [1.29, 1.82) is 0 Å². The number of rotatable bonds is 5. The number of nitrogens with one attached hydrogen (secondary N) is 1. The van der Waals surface area contributed by atoms with E-state index in [0.29, 0.717) is 23.5 Å². The third-order valence-electron chi connectivity index (χ3n) is 4.06. The van der Waals surface area contributed by atoms with Crippen LogP contribution in [0.25, 0.3) is 0 Å². The number of methoxy groups -OCH3 is 1. The average Bonchev–Trinajstić information content (AvgIpc) is 2.48. The number of hydrogen-bond acceptors (Lipinski definition) is 4. The lowest BCUT2D eigenvalue weighted by atomic mass is 9.99. The average molecular weight is 291 g/mol. The van der Waals surface area contributed by atoms with Gasteiger partial charge in [-0.25, -0.2) is 0 Å². The molecule has 1 heterocycles. The van der Waals surface area contributed by atoms with E-state index in [-0.39, 0.29) is 5.91 Å². The van der Waals surface area contributed by atoms with Crippen LogP contribution in [0.1, 0.15) is 26.2 Å². The van der Waals surface area contributed by atoms with E-state index in [1.165, 1.54) is 12.8 Å². The zero-order valence-corrected chi connectivity index (χ0v) is 12.9. The number of nitrogens with zero attached hydrogens (tertiary/aromatic N) is 1. The van der Waals surface area contributed by atoms with Crippen LogP contribution in [0.15, 0.2) is 18.2 Å². The Morgan fingerprint density at radius 1 is 1.43 bits per heavy atom. The molecule has 1 aliphatic rings. The summed E-state index contributed by atoms with van der Waals surface area (Å²) in [6.45, 7) is 5.29. The molecule has 0 aliphatic carbocycles. The number of anilines is 2. The molecule has 0 radical (unpaired) electrons. The maximum absolute atomic E-state index is 12.0. The van der Waals surface area contributed by atoms with Crippen molar-refractivity contribution in [2.45, 2.75) is 26.2 Å². The summed E-state index contributed by atoms with van der Waals surface area (Å²) in [5, 5.41) is 2.86. The number of nitrogens with two attached hydrogens (primary N) is 1. The van der Waals surface area contributed by atoms with Crippen LogP contribution in [0, 0.1) is 5.92 Å². The molecule has 0 spiro atoms. The van der Waals surface area contributed by atoms with Gasteiger partial charge >= 0.3 is 0 Å². The molecule has 1 saturated heterocycles. The molecule has 2 rings (SSSR count). The van der Waals surface area contributed by atoms with Gasteiger partial charge in [-0.15, -0.1) is 0 Å². The van der Waals surface area contributed by atoms with Gasteiger partial charge in [-0.05, 0) is 44.0 Å². The molecular weight excluding hydrogens is 266 g/mol. The Balaban J connectivity index is 1.79. The van der Waals surface area contributed by atoms with E-state index in [4.69, 9.17) is 10.5 Å². The van der Waals surface area contributed by atoms with Crippen LogP contribution in [-0.2, 0) is 4.79 Å². The van der Waals surface area contributed by atoms with E-state index in [1.807, 2.05) is 0 Å². The smallest absolute Gasteiger partial charge is 0.225 e. The summed E-state index contributed by atoms with van der Waals surface area (Å²) >= 11 is 0. The van der Waals surface area contributed by atoms with Gasteiger partial charge in [-0.3, -0.25) is 4.79 Å². The lowest BCUT2D eigenvalue weighted by Crippen LogP contribution is -2.35. The van der Waals surface area contributed by atoms with Crippen molar-refractivity contribution in [3.05, 3.63) is 18.2 Å². The number of carbonyl (C=O) groups is 1. The summed E-state index contributed by atoms with van der Waals surface area (Å²) in [7, 11) is 1.59. The van der Waals surface area contributed by atoms with Crippen molar-refractivity contribution in [1.82, 2.24) is 4.90 Å². The Labute approximate surface area is 126 Å². The SMILES string of the molecule is COc1ccc(NC(=O)CCN2CCC(C)CC2)c(N)c1. The summed E-state index contributed by atoms with van der Waals surface area (Å²) < 4.78 is 5.09. The van der Waals surface area contributed by atoms with Gasteiger partial charge in [0.1, 0.15) is 5.75 Å². The van der Waals surface area contributed by atoms with E-state index >= 15 is 0 Å². The molecule has 0 atom stereocenters. The third-order valence-corrected chi connectivity index (χ3v) is 4.06. The monoisotopic (exact) mass is 291 g/mol. The highest BCUT2D eigenvalue weighted by molar-refractivity contribution is 5.94. The van der Waals surface area contributed by atoms with Crippen LogP contribution >= 0.6 is 0 Å². The first kappa shape index (κ1) is 15.6. The summed E-state index contributed by atoms with van der Waals surface area (Å²) in [6.07, 6.45) is 2.96. The van der Waals surface area contributed by atoms with E-state index in [0.717, 1.165) is 25.6 Å². The number of ether oxygens (including phenoxy) is 1. The molecule has 5 heteroatoms. The van der Waals surface area contributed by atoms with Crippen LogP contribution < -0.4 is 15.8 Å². The van der Waals surface area contributed by atoms with Crippen molar-refractivity contribution >= 4 is 17.3 Å². The first-order valence-electron chi connectivity index (χ1n) is 7.54. The van der Waals surface area contributed by atoms with Gasteiger partial charge in [0.25, 0.3) is 0 Å². The van der Waals surface area contributed by atoms with E-state index < -0.39 is 0 Å². The van der Waals surface area contributed by atoms with Gasteiger partial charge in [-0.1, -0.05) is 6.92 Å². The molecule has 1 amide bonds. The van der Waals surface area contributed by atoms with Gasteiger partial charge < -0.3 is 20.7 Å². The minimum absolute atomic E-state index is 0.00508. The number of benzene rings is 1. The van der Waals surface area contributed by atoms with E-state index in [9.17, 15) is 4.79 Å². The molecule has 3 N–H and O–H groups in total. The van der Waals surface area contributed by atoms with Gasteiger partial charge in [-0.2, -0.15) is 0 Å². The predicted molar refractivity (Wildman–Crippen MR) is 85.5 cm³/mol. The first-order valence-corrected chi connectivity index (χ1v) is 7.54. The molecule has 5 nitrogen and oxygen atoms in total. The van der Waals surface area contributed by atoms with Crippen molar-refractivity contribution in [2.75, 3.05) is 37.8 Å². The second-order valence-electron chi connectivity index (χ2n) is 5.78. The quantitative estimate of drug-likeness (QED) is 0.817. The second kappa shape index (κ2) is 7.31. The molecule has 21 heavy (non-hydrogen) atoms. The first-order chi connectivity index (χ1) is 10.1. The van der Waals surface area contributed by atoms with Gasteiger partial charge in [0.15, 0.2) is 0 Å². The summed E-state index contributed by atoms with van der Waals surface area (Å²) in [4.78, 5) is 14.4. The van der Waals surface area contributed by atoms with Crippen molar-refractivity contribution < 1.29 is 9.53 Å². The number of carbonyl (C=O) groups excluding carboxylic acids is 1. The Morgan fingerprint density at radius 3 is 2.76 bits per heavy atom. The molecule has 116 valence electrons. The molecular formula is C16H25N3O2. The number of hydrogen-bond donors (Lipinski definition) is 2. The van der Waals surface area contributed by atoms with Crippen LogP contribution in [0.4, 0.5) is 11.4 Å². The number of nitrogen functional groups attached to an aromatic ring is 1. The maximum atomic E-state index is 12.0. The molecule has 0 aromatic heterocycles. The Morgan fingerprint density at radius 2 is 2.14 bits per heavy atom. The minimum atomic E-state index is 0.00508. The molecule has 0 saturated carbocycles. The zero-order chi connectivity index (χ0) is 15.2. The minimum Gasteiger partial charge on any atom is -0.497 e. The lowest BCUT2D eigenvalue weighted by molar-refractivity contribution is -0.116. The van der Waals surface area contributed by atoms with Gasteiger partial charge in [0.05, 0.1) is 18.5 Å². The Kier molecular flexibility index (Phi) is 5.44. The van der Waals surface area contributed by atoms with Crippen LogP contribution in [-0.4, -0.2) is 37.6 Å². The topological polar surface area (TPSA) is 67.6 Å². The highest BCUT2D eigenvalue weighted by Gasteiger charge is 2.16. The highest BCUT2D eigenvalue weighted by Crippen LogP contribution is 2.24. The summed E-state index contributed by atoms with van der Waals surface area (Å²) in [5.74, 6) is 1.51. The van der Waals surface area contributed by atoms with E-state index in [1.54, 1.807) is 25.3 Å². The van der Waals surface area contributed by atoms with Crippen LogP contribution in [0.3, 0.4) is 0 Å². The summed E-state index contributed by atoms with van der Waals surface area (Å²) in [5.41, 5.74) is 7.06. The third kappa shape index (κ3) is 4.63. The fourth-order valence-corrected chi connectivity index (χ4v) is 2.54. The second-order valence-corrected chi connectivity index (χ2v) is 5.78. The van der Waals surface area contributed by atoms with Crippen molar-refractivity contribution in [2.24, 2.45) is 5.92 Å². The number of piperidine rings is 1. The van der Waals surface area contributed by atoms with Crippen LogP contribution in [0.2, 0.25) is 0 Å². The van der Waals surface area contributed by atoms with Crippen molar-refractivity contribution in [3.63, 3.8) is 0 Å². The van der Waals surface area contributed by atoms with Crippen LogP contribution in [0.5, 0.6) is 5.75 Å². The molecule has 1 aromatic rings. The summed E-state index contributed by atoms with van der Waals surface area (Å²) in [6, 6.07) is 5.27. The highest BCUT2D eigenvalue weighted by atomic mass is 16.5. The Bertz CT molecular complexity index is 482. The zero-order valence-electron chi connectivity index (χ0n) is 12.9. The lowest BCUT2D eigenvalue weighted by Gasteiger charge is -2.29. The largest absolute Gasteiger partial charge is 0.497 e. The van der Waals surface area contributed by atoms with E-state index in [2.05, 4.69) is 17.1 Å². The standard InChI is InChI=1S/C16H25N3O2/c1-12-5-8-19(9-6-12)10-7-16(20)18-15-4-3-13(21-2)11-14(15)17/h3-4,11-12H,5-10,17H2,1-2H3,(H,18,20). The number of amides is 1. The predicted octanol–water partition coefficient (Wildman–Crippen LogP) is 2.34. The molecule has 0 bridgehead atoms. The molecule has 0 unspecified atom stereocenters. The van der Waals surface area contributed by atoms with Gasteiger partial charge in [0, 0.05) is 19.0 Å². The van der Waals surface area contributed by atoms with Gasteiger partial charge in [0.2, 0.25) is 5.91 Å².